The van der Waals surface area contributed by atoms with Gasteiger partial charge in [0.15, 0.2) is 0 Å². The van der Waals surface area contributed by atoms with E-state index in [4.69, 9.17) is 4.42 Å². The summed E-state index contributed by atoms with van der Waals surface area (Å²) in [5.74, 6) is 0.208. The molecule has 0 aliphatic heterocycles. The van der Waals surface area contributed by atoms with Crippen LogP contribution in [0.5, 0.6) is 0 Å². The lowest BCUT2D eigenvalue weighted by atomic mass is 10.1. The molecule has 1 heterocycles. The molecule has 29 heavy (non-hydrogen) atoms. The highest BCUT2D eigenvalue weighted by Gasteiger charge is 2.30. The zero-order chi connectivity index (χ0) is 21.2. The molecule has 0 radical (unpaired) electrons. The summed E-state index contributed by atoms with van der Waals surface area (Å²) in [5, 5.41) is 0.918. The summed E-state index contributed by atoms with van der Waals surface area (Å²) < 4.78 is 71.1. The molecule has 2 aromatic carbocycles. The molecule has 0 saturated carbocycles. The average molecular weight is 426 g/mol. The molecule has 0 aliphatic rings. The molecular formula is C20H21F3N2O3S. The minimum atomic E-state index is -4.46. The van der Waals surface area contributed by atoms with Crippen molar-refractivity contribution in [3.63, 3.8) is 0 Å². The molecule has 5 nitrogen and oxygen atoms in total. The van der Waals surface area contributed by atoms with Gasteiger partial charge in [-0.3, -0.25) is 4.90 Å². The fraction of sp³-hybridized carbons (Fsp3) is 0.300. The molecular weight excluding hydrogens is 405 g/mol. The fourth-order valence-corrected chi connectivity index (χ4v) is 4.12. The lowest BCUT2D eigenvalue weighted by Crippen LogP contribution is -2.35. The molecule has 9 heteroatoms. The monoisotopic (exact) mass is 426 g/mol. The molecule has 0 aliphatic carbocycles. The Balaban J connectivity index is 1.70. The number of likely N-dealkylation sites (N-methyl/N-ethyl adjacent to an activating group) is 1. The van der Waals surface area contributed by atoms with Crippen molar-refractivity contribution >= 4 is 21.0 Å². The first-order chi connectivity index (χ1) is 13.5. The van der Waals surface area contributed by atoms with E-state index in [2.05, 4.69) is 4.72 Å². The third-order valence-electron chi connectivity index (χ3n) is 4.53. The van der Waals surface area contributed by atoms with E-state index in [9.17, 15) is 21.6 Å². The van der Waals surface area contributed by atoms with Crippen molar-refractivity contribution in [3.8, 4) is 0 Å². The number of benzene rings is 2. The second kappa shape index (κ2) is 8.17. The first-order valence-corrected chi connectivity index (χ1v) is 10.5. The van der Waals surface area contributed by atoms with E-state index < -0.39 is 27.5 Å². The van der Waals surface area contributed by atoms with E-state index >= 15 is 0 Å². The fourth-order valence-electron chi connectivity index (χ4n) is 2.97. The maximum Gasteiger partial charge on any atom is 0.416 e. The molecule has 3 aromatic rings. The second-order valence-corrected chi connectivity index (χ2v) is 8.78. The highest BCUT2D eigenvalue weighted by molar-refractivity contribution is 7.88. The van der Waals surface area contributed by atoms with E-state index in [1.165, 1.54) is 12.1 Å². The third-order valence-corrected chi connectivity index (χ3v) is 5.85. The Labute approximate surface area is 167 Å². The molecule has 0 bridgehead atoms. The average Bonchev–Trinajstić information content (AvgIpc) is 3.04. The Kier molecular flexibility index (Phi) is 6.02. The van der Waals surface area contributed by atoms with Crippen LogP contribution in [0, 0.1) is 0 Å². The molecule has 0 saturated heterocycles. The van der Waals surface area contributed by atoms with Gasteiger partial charge in [-0.1, -0.05) is 30.3 Å². The van der Waals surface area contributed by atoms with Crippen LogP contribution in [0.3, 0.4) is 0 Å². The number of hydrogen-bond donors (Lipinski definition) is 1. The summed E-state index contributed by atoms with van der Waals surface area (Å²) in [5.41, 5.74) is 0.168. The van der Waals surface area contributed by atoms with Crippen LogP contribution in [0.4, 0.5) is 13.2 Å². The van der Waals surface area contributed by atoms with Gasteiger partial charge in [-0.05, 0) is 43.9 Å². The van der Waals surface area contributed by atoms with Gasteiger partial charge in [0, 0.05) is 11.9 Å². The highest BCUT2D eigenvalue weighted by atomic mass is 32.2. The van der Waals surface area contributed by atoms with Gasteiger partial charge in [-0.15, -0.1) is 0 Å². The van der Waals surface area contributed by atoms with E-state index in [1.54, 1.807) is 0 Å². The zero-order valence-corrected chi connectivity index (χ0v) is 16.7. The smallest absolute Gasteiger partial charge is 0.416 e. The van der Waals surface area contributed by atoms with Gasteiger partial charge >= 0.3 is 6.18 Å². The van der Waals surface area contributed by atoms with Crippen LogP contribution in [-0.4, -0.2) is 34.0 Å². The van der Waals surface area contributed by atoms with Crippen LogP contribution in [0.2, 0.25) is 0 Å². The van der Waals surface area contributed by atoms with Gasteiger partial charge in [0.05, 0.1) is 17.4 Å². The third kappa shape index (κ3) is 5.37. The quantitative estimate of drug-likeness (QED) is 0.616. The number of rotatable bonds is 7. The number of para-hydroxylation sites is 1. The summed E-state index contributed by atoms with van der Waals surface area (Å²) in [7, 11) is -0.134. The van der Waals surface area contributed by atoms with Crippen LogP contribution < -0.4 is 4.72 Å². The van der Waals surface area contributed by atoms with Crippen LogP contribution in [-0.2, 0) is 22.0 Å². The van der Waals surface area contributed by atoms with Crippen LogP contribution in [0.15, 0.2) is 59.0 Å². The predicted molar refractivity (Wildman–Crippen MR) is 105 cm³/mol. The first-order valence-electron chi connectivity index (χ1n) is 8.83. The van der Waals surface area contributed by atoms with E-state index in [0.29, 0.717) is 11.3 Å². The molecule has 0 spiro atoms. The lowest BCUT2D eigenvalue weighted by molar-refractivity contribution is -0.137. The Morgan fingerprint density at radius 2 is 1.72 bits per heavy atom. The van der Waals surface area contributed by atoms with Gasteiger partial charge in [0.25, 0.3) is 0 Å². The zero-order valence-electron chi connectivity index (χ0n) is 15.9. The molecule has 1 atom stereocenters. The second-order valence-electron chi connectivity index (χ2n) is 6.97. The number of furan rings is 1. The summed E-state index contributed by atoms with van der Waals surface area (Å²) in [6.07, 6.45) is -4.46. The topological polar surface area (TPSA) is 62.6 Å². The lowest BCUT2D eigenvalue weighted by Gasteiger charge is -2.22. The minimum absolute atomic E-state index is 0.0653. The normalized spacial score (nSPS) is 13.9. The van der Waals surface area contributed by atoms with Crippen molar-refractivity contribution in [1.29, 1.82) is 0 Å². The summed E-state index contributed by atoms with van der Waals surface area (Å²) in [6.45, 7) is 0.0653. The SMILES string of the molecule is CN(C)[C@@H](CNS(=O)(=O)Cc1ccc(C(F)(F)F)cc1)c1cc2ccccc2o1. The van der Waals surface area contributed by atoms with Gasteiger partial charge in [0.2, 0.25) is 10.0 Å². The van der Waals surface area contributed by atoms with Gasteiger partial charge in [-0.2, -0.15) is 13.2 Å². The predicted octanol–water partition coefficient (Wildman–Crippen LogP) is 4.17. The Morgan fingerprint density at radius 1 is 1.07 bits per heavy atom. The van der Waals surface area contributed by atoms with Crippen molar-refractivity contribution in [2.24, 2.45) is 0 Å². The van der Waals surface area contributed by atoms with Crippen molar-refractivity contribution in [3.05, 3.63) is 71.5 Å². The van der Waals surface area contributed by atoms with Crippen molar-refractivity contribution in [1.82, 2.24) is 9.62 Å². The van der Waals surface area contributed by atoms with E-state index in [-0.39, 0.29) is 18.2 Å². The van der Waals surface area contributed by atoms with E-state index in [1.807, 2.05) is 49.3 Å². The maximum atomic E-state index is 12.6. The molecule has 3 rings (SSSR count). The molecule has 156 valence electrons. The standard InChI is InChI=1S/C20H21F3N2O3S/c1-25(2)17(19-11-15-5-3-4-6-18(15)28-19)12-24-29(26,27)13-14-7-9-16(10-8-14)20(21,22)23/h3-11,17,24H,12-13H2,1-2H3/t17-/m0/s1. The van der Waals surface area contributed by atoms with Crippen LogP contribution in [0.1, 0.15) is 22.9 Å². The number of hydrogen-bond acceptors (Lipinski definition) is 4. The number of nitrogens with zero attached hydrogens (tertiary/aromatic N) is 1. The summed E-state index contributed by atoms with van der Waals surface area (Å²) in [4.78, 5) is 1.83. The minimum Gasteiger partial charge on any atom is -0.459 e. The first kappa shape index (κ1) is 21.4. The number of fused-ring (bicyclic) bond motifs is 1. The Bertz CT molecular complexity index is 1040. The number of sulfonamides is 1. The van der Waals surface area contributed by atoms with Crippen LogP contribution in [0.25, 0.3) is 11.0 Å². The molecule has 1 N–H and O–H groups in total. The number of halogens is 3. The van der Waals surface area contributed by atoms with Gasteiger partial charge < -0.3 is 4.42 Å². The Hall–Kier alpha value is -2.36. The molecule has 0 unspecified atom stereocenters. The van der Waals surface area contributed by atoms with Gasteiger partial charge in [-0.25, -0.2) is 13.1 Å². The van der Waals surface area contributed by atoms with Crippen LogP contribution >= 0.6 is 0 Å². The Morgan fingerprint density at radius 3 is 2.31 bits per heavy atom. The summed E-state index contributed by atoms with van der Waals surface area (Å²) in [6, 6.07) is 13.1. The largest absolute Gasteiger partial charge is 0.459 e. The van der Waals surface area contributed by atoms with Crippen molar-refractivity contribution < 1.29 is 26.0 Å². The van der Waals surface area contributed by atoms with E-state index in [0.717, 1.165) is 17.5 Å². The molecule has 0 amide bonds. The number of nitrogens with one attached hydrogen (secondary N) is 1. The van der Waals surface area contributed by atoms with Crippen molar-refractivity contribution in [2.45, 2.75) is 18.0 Å². The van der Waals surface area contributed by atoms with Gasteiger partial charge in [0.1, 0.15) is 11.3 Å². The maximum absolute atomic E-state index is 12.6. The number of alkyl halides is 3. The highest BCUT2D eigenvalue weighted by Crippen LogP contribution is 2.29. The summed E-state index contributed by atoms with van der Waals surface area (Å²) >= 11 is 0. The molecule has 0 fully saturated rings. The van der Waals surface area contributed by atoms with Crippen molar-refractivity contribution in [2.75, 3.05) is 20.6 Å². The molecule has 1 aromatic heterocycles.